The largest absolute Gasteiger partial charge is 0.495 e. The average Bonchev–Trinajstić information content (AvgIpc) is 2.41. The summed E-state index contributed by atoms with van der Waals surface area (Å²) in [5.41, 5.74) is 1.04. The highest BCUT2D eigenvalue weighted by Gasteiger charge is 2.09. The van der Waals surface area contributed by atoms with Crippen LogP contribution in [0.1, 0.15) is 25.8 Å². The average molecular weight is 422 g/mol. The summed E-state index contributed by atoms with van der Waals surface area (Å²) in [6.45, 7) is 6.17. The second kappa shape index (κ2) is 9.43. The molecule has 0 aliphatic rings. The molecule has 2 N–H and O–H groups in total. The smallest absolute Gasteiger partial charge is 0.221 e. The number of hydrogen-bond donors (Lipinski definition) is 2. The van der Waals surface area contributed by atoms with E-state index in [0.717, 1.165) is 26.8 Å². The molecule has 0 heterocycles. The van der Waals surface area contributed by atoms with Gasteiger partial charge in [-0.25, -0.2) is 0 Å². The number of amides is 1. The third kappa shape index (κ3) is 6.80. The van der Waals surface area contributed by atoms with Crippen molar-refractivity contribution in [3.8, 4) is 5.75 Å². The molecule has 0 unspecified atom stereocenters. The minimum atomic E-state index is 0.0820. The van der Waals surface area contributed by atoms with Crippen LogP contribution in [0, 0.1) is 5.92 Å². The predicted octanol–water partition coefficient (Wildman–Crippen LogP) is 3.47. The molecule has 0 aliphatic heterocycles. The molecule has 6 heteroatoms. The Kier molecular flexibility index (Phi) is 8.29. The first-order valence-electron chi connectivity index (χ1n) is 6.93. The number of rotatable bonds is 8. The zero-order valence-electron chi connectivity index (χ0n) is 12.6. The van der Waals surface area contributed by atoms with Gasteiger partial charge >= 0.3 is 0 Å². The maximum Gasteiger partial charge on any atom is 0.221 e. The van der Waals surface area contributed by atoms with E-state index in [4.69, 9.17) is 4.74 Å². The van der Waals surface area contributed by atoms with Crippen molar-refractivity contribution in [3.05, 3.63) is 26.6 Å². The van der Waals surface area contributed by atoms with Gasteiger partial charge in [0.25, 0.3) is 0 Å². The lowest BCUT2D eigenvalue weighted by Crippen LogP contribution is -2.30. The quantitative estimate of drug-likeness (QED) is 0.631. The van der Waals surface area contributed by atoms with Crippen LogP contribution >= 0.6 is 31.9 Å². The molecule has 1 rings (SSSR count). The zero-order chi connectivity index (χ0) is 15.8. The van der Waals surface area contributed by atoms with Gasteiger partial charge in [-0.2, -0.15) is 0 Å². The maximum atomic E-state index is 11.6. The van der Waals surface area contributed by atoms with Gasteiger partial charge in [-0.3, -0.25) is 4.79 Å². The van der Waals surface area contributed by atoms with Gasteiger partial charge in [-0.05, 0) is 34.0 Å². The van der Waals surface area contributed by atoms with Crippen molar-refractivity contribution in [2.24, 2.45) is 5.92 Å². The highest BCUT2D eigenvalue weighted by molar-refractivity contribution is 9.11. The summed E-state index contributed by atoms with van der Waals surface area (Å²) < 4.78 is 7.28. The summed E-state index contributed by atoms with van der Waals surface area (Å²) in [5.74, 6) is 1.37. The Hall–Kier alpha value is -0.590. The second-order valence-electron chi connectivity index (χ2n) is 5.20. The molecule has 1 aromatic carbocycles. The zero-order valence-corrected chi connectivity index (χ0v) is 15.8. The van der Waals surface area contributed by atoms with Crippen LogP contribution in [0.25, 0.3) is 0 Å². The molecule has 1 amide bonds. The van der Waals surface area contributed by atoms with E-state index >= 15 is 0 Å². The fourth-order valence-electron chi connectivity index (χ4n) is 1.80. The van der Waals surface area contributed by atoms with E-state index < -0.39 is 0 Å². The summed E-state index contributed by atoms with van der Waals surface area (Å²) in [6, 6.07) is 3.96. The molecule has 0 radical (unpaired) electrons. The van der Waals surface area contributed by atoms with E-state index in [-0.39, 0.29) is 5.91 Å². The number of carbonyl (C=O) groups is 1. The van der Waals surface area contributed by atoms with Gasteiger partial charge in [0.15, 0.2) is 0 Å². The van der Waals surface area contributed by atoms with Crippen LogP contribution in [-0.2, 0) is 11.3 Å². The van der Waals surface area contributed by atoms with Crippen molar-refractivity contribution in [2.75, 3.05) is 20.2 Å². The second-order valence-corrected chi connectivity index (χ2v) is 6.97. The molecule has 0 bridgehead atoms. The molecular weight excluding hydrogens is 400 g/mol. The minimum absolute atomic E-state index is 0.0820. The lowest BCUT2D eigenvalue weighted by Gasteiger charge is -2.12. The summed E-state index contributed by atoms with van der Waals surface area (Å²) in [7, 11) is 1.65. The number of nitrogens with one attached hydrogen (secondary N) is 2. The van der Waals surface area contributed by atoms with Gasteiger partial charge in [-0.15, -0.1) is 0 Å². The molecule has 0 fully saturated rings. The van der Waals surface area contributed by atoms with Crippen LogP contribution in [0.5, 0.6) is 5.75 Å². The first-order valence-corrected chi connectivity index (χ1v) is 8.52. The first kappa shape index (κ1) is 18.5. The molecular formula is C15H22Br2N2O2. The Balaban J connectivity index is 2.41. The van der Waals surface area contributed by atoms with Crippen LogP contribution in [0.3, 0.4) is 0 Å². The Morgan fingerprint density at radius 3 is 2.67 bits per heavy atom. The molecule has 118 valence electrons. The summed E-state index contributed by atoms with van der Waals surface area (Å²) in [5, 5.41) is 6.17. The first-order chi connectivity index (χ1) is 9.93. The third-order valence-electron chi connectivity index (χ3n) is 2.84. The van der Waals surface area contributed by atoms with Crippen molar-refractivity contribution >= 4 is 37.8 Å². The van der Waals surface area contributed by atoms with E-state index in [1.54, 1.807) is 7.11 Å². The number of benzene rings is 1. The van der Waals surface area contributed by atoms with Crippen LogP contribution < -0.4 is 15.4 Å². The lowest BCUT2D eigenvalue weighted by molar-refractivity contribution is -0.121. The predicted molar refractivity (Wildman–Crippen MR) is 92.6 cm³/mol. The van der Waals surface area contributed by atoms with Crippen molar-refractivity contribution in [1.82, 2.24) is 10.6 Å². The molecule has 1 aromatic rings. The van der Waals surface area contributed by atoms with E-state index in [1.807, 2.05) is 12.1 Å². The molecule has 21 heavy (non-hydrogen) atoms. The van der Waals surface area contributed by atoms with E-state index in [0.29, 0.717) is 25.4 Å². The number of hydrogen-bond acceptors (Lipinski definition) is 3. The van der Waals surface area contributed by atoms with Gasteiger partial charge in [0, 0.05) is 36.1 Å². The molecule has 0 aliphatic carbocycles. The number of methoxy groups -OCH3 is 1. The fraction of sp³-hybridized carbons (Fsp3) is 0.533. The fourth-order valence-corrected chi connectivity index (χ4v) is 3.28. The summed E-state index contributed by atoms with van der Waals surface area (Å²) >= 11 is 6.94. The van der Waals surface area contributed by atoms with Crippen molar-refractivity contribution in [1.29, 1.82) is 0 Å². The minimum Gasteiger partial charge on any atom is -0.495 e. The molecule has 0 saturated carbocycles. The monoisotopic (exact) mass is 420 g/mol. The normalized spacial score (nSPS) is 10.8. The molecule has 0 aromatic heterocycles. The highest BCUT2D eigenvalue weighted by Crippen LogP contribution is 2.32. The highest BCUT2D eigenvalue weighted by atomic mass is 79.9. The van der Waals surface area contributed by atoms with Crippen LogP contribution in [0.4, 0.5) is 0 Å². The topological polar surface area (TPSA) is 50.4 Å². The number of ether oxygens (including phenoxy) is 1. The molecule has 4 nitrogen and oxygen atoms in total. The molecule has 0 saturated heterocycles. The van der Waals surface area contributed by atoms with E-state index in [2.05, 4.69) is 56.3 Å². The summed E-state index contributed by atoms with van der Waals surface area (Å²) in [6.07, 6.45) is 0.476. The lowest BCUT2D eigenvalue weighted by atomic mass is 10.2. The Bertz CT molecular complexity index is 479. The van der Waals surface area contributed by atoms with Crippen LogP contribution in [0.15, 0.2) is 21.1 Å². The van der Waals surface area contributed by atoms with Crippen LogP contribution in [0.2, 0.25) is 0 Å². The van der Waals surface area contributed by atoms with Gasteiger partial charge in [0.1, 0.15) is 5.75 Å². The molecule has 0 spiro atoms. The van der Waals surface area contributed by atoms with Gasteiger partial charge < -0.3 is 15.4 Å². The molecule has 0 atom stereocenters. The Morgan fingerprint density at radius 2 is 2.05 bits per heavy atom. The Morgan fingerprint density at radius 1 is 1.33 bits per heavy atom. The van der Waals surface area contributed by atoms with Crippen LogP contribution in [-0.4, -0.2) is 26.1 Å². The Labute approximate surface area is 143 Å². The van der Waals surface area contributed by atoms with Crippen molar-refractivity contribution in [2.45, 2.75) is 26.8 Å². The van der Waals surface area contributed by atoms with Crippen molar-refractivity contribution in [3.63, 3.8) is 0 Å². The van der Waals surface area contributed by atoms with Gasteiger partial charge in [0.2, 0.25) is 5.91 Å². The standard InChI is InChI=1S/C15H22Br2N2O2/c1-10(2)8-19-14(20)4-5-18-9-11-6-12(16)7-13(17)15(11)21-3/h6-7,10,18H,4-5,8-9H2,1-3H3,(H,19,20). The van der Waals surface area contributed by atoms with Crippen molar-refractivity contribution < 1.29 is 9.53 Å². The summed E-state index contributed by atoms with van der Waals surface area (Å²) in [4.78, 5) is 11.6. The third-order valence-corrected chi connectivity index (χ3v) is 3.89. The van der Waals surface area contributed by atoms with Gasteiger partial charge in [0.05, 0.1) is 11.6 Å². The maximum absolute atomic E-state index is 11.6. The van der Waals surface area contributed by atoms with Gasteiger partial charge in [-0.1, -0.05) is 29.8 Å². The van der Waals surface area contributed by atoms with E-state index in [9.17, 15) is 4.79 Å². The van der Waals surface area contributed by atoms with E-state index in [1.165, 1.54) is 0 Å². The SMILES string of the molecule is COc1c(Br)cc(Br)cc1CNCCC(=O)NCC(C)C. The number of halogens is 2. The number of carbonyl (C=O) groups excluding carboxylic acids is 1.